The Morgan fingerprint density at radius 2 is 2.00 bits per heavy atom. The molecule has 0 aliphatic rings. The van der Waals surface area contributed by atoms with Crippen molar-refractivity contribution < 1.29 is 19.1 Å². The second kappa shape index (κ2) is 5.71. The van der Waals surface area contributed by atoms with Gasteiger partial charge in [0.25, 0.3) is 0 Å². The van der Waals surface area contributed by atoms with Crippen LogP contribution in [0.5, 0.6) is 5.75 Å². The average Bonchev–Trinajstić information content (AvgIpc) is 2.41. The van der Waals surface area contributed by atoms with Crippen LogP contribution >= 0.6 is 27.3 Å². The number of carbonyl (C=O) groups excluding carboxylic acids is 2. The molecular weight excluding hydrogens is 322 g/mol. The third-order valence-electron chi connectivity index (χ3n) is 1.54. The summed E-state index contributed by atoms with van der Waals surface area (Å²) in [5.41, 5.74) is -0.583. The number of esters is 1. The summed E-state index contributed by atoms with van der Waals surface area (Å²) in [4.78, 5) is 22.5. The van der Waals surface area contributed by atoms with Gasteiger partial charge in [-0.1, -0.05) is 0 Å². The Labute approximate surface area is 118 Å². The van der Waals surface area contributed by atoms with Gasteiger partial charge in [0.15, 0.2) is 5.75 Å². The molecule has 7 heteroatoms. The highest BCUT2D eigenvalue weighted by Gasteiger charge is 2.19. The van der Waals surface area contributed by atoms with E-state index >= 15 is 0 Å². The number of rotatable bonds is 2. The van der Waals surface area contributed by atoms with Crippen molar-refractivity contribution in [3.63, 3.8) is 0 Å². The molecule has 0 unspecified atom stereocenters. The van der Waals surface area contributed by atoms with Crippen LogP contribution in [0, 0.1) is 0 Å². The molecule has 0 atom stereocenters. The first-order valence-electron chi connectivity index (χ1n) is 5.15. The molecule has 1 N–H and O–H groups in total. The lowest BCUT2D eigenvalue weighted by Crippen LogP contribution is -2.27. The fourth-order valence-corrected chi connectivity index (χ4v) is 2.45. The molecule has 0 spiro atoms. The number of halogens is 1. The van der Waals surface area contributed by atoms with E-state index in [0.717, 1.165) is 3.79 Å². The van der Waals surface area contributed by atoms with Gasteiger partial charge in [-0.25, -0.2) is 4.79 Å². The van der Waals surface area contributed by atoms with Crippen LogP contribution in [0.4, 0.5) is 9.80 Å². The summed E-state index contributed by atoms with van der Waals surface area (Å²) in [5, 5.41) is 2.97. The fourth-order valence-electron chi connectivity index (χ4n) is 1.06. The first kappa shape index (κ1) is 15.0. The summed E-state index contributed by atoms with van der Waals surface area (Å²) in [6.45, 7) is 6.60. The quantitative estimate of drug-likeness (QED) is 0.835. The molecule has 1 heterocycles. The van der Waals surface area contributed by atoms with E-state index in [1.165, 1.54) is 18.3 Å². The van der Waals surface area contributed by atoms with E-state index in [2.05, 4.69) is 21.2 Å². The Hall–Kier alpha value is -1.08. The topological polar surface area (TPSA) is 64.6 Å². The molecule has 0 radical (unpaired) electrons. The fraction of sp³-hybridized carbons (Fsp3) is 0.455. The molecule has 1 aromatic heterocycles. The molecule has 1 amide bonds. The average molecular weight is 336 g/mol. The molecule has 0 saturated carbocycles. The maximum atomic E-state index is 11.6. The van der Waals surface area contributed by atoms with Crippen molar-refractivity contribution in [2.75, 3.05) is 5.32 Å². The second-order valence-corrected chi connectivity index (χ2v) is 6.90. The number of nitrogens with one attached hydrogen (secondary N) is 1. The molecule has 0 aromatic carbocycles. The van der Waals surface area contributed by atoms with Gasteiger partial charge in [0.2, 0.25) is 0 Å². The van der Waals surface area contributed by atoms with E-state index in [1.807, 2.05) is 0 Å². The number of carbonyl (C=O) groups is 2. The number of ether oxygens (including phenoxy) is 2. The molecule has 1 aromatic rings. The Balaban J connectivity index is 2.77. The number of hydrogen-bond donors (Lipinski definition) is 1. The minimum atomic E-state index is -0.592. The summed E-state index contributed by atoms with van der Waals surface area (Å²) in [5.74, 6) is -0.155. The number of thiophene rings is 1. The van der Waals surface area contributed by atoms with E-state index in [9.17, 15) is 9.59 Å². The Morgan fingerprint density at radius 3 is 2.50 bits per heavy atom. The Morgan fingerprint density at radius 1 is 1.39 bits per heavy atom. The van der Waals surface area contributed by atoms with E-state index in [4.69, 9.17) is 9.47 Å². The van der Waals surface area contributed by atoms with E-state index in [1.54, 1.807) is 26.8 Å². The molecule has 0 aliphatic heterocycles. The van der Waals surface area contributed by atoms with Gasteiger partial charge in [0, 0.05) is 13.0 Å². The Bertz CT molecular complexity index is 464. The first-order valence-corrected chi connectivity index (χ1v) is 6.76. The minimum absolute atomic E-state index is 0.297. The van der Waals surface area contributed by atoms with Crippen LogP contribution in [-0.2, 0) is 9.53 Å². The summed E-state index contributed by atoms with van der Waals surface area (Å²) in [6.07, 6.45) is -0.592. The van der Waals surface area contributed by atoms with E-state index in [0.29, 0.717) is 10.8 Å². The summed E-state index contributed by atoms with van der Waals surface area (Å²) in [7, 11) is 0. The van der Waals surface area contributed by atoms with Gasteiger partial charge in [-0.3, -0.25) is 10.1 Å². The van der Waals surface area contributed by atoms with Crippen molar-refractivity contribution in [2.45, 2.75) is 33.3 Å². The molecule has 100 valence electrons. The van der Waals surface area contributed by atoms with Crippen molar-refractivity contribution in [3.05, 3.63) is 9.85 Å². The van der Waals surface area contributed by atoms with E-state index < -0.39 is 17.7 Å². The van der Waals surface area contributed by atoms with Crippen molar-refractivity contribution in [2.24, 2.45) is 0 Å². The van der Waals surface area contributed by atoms with Crippen LogP contribution in [-0.4, -0.2) is 17.7 Å². The highest BCUT2D eigenvalue weighted by Crippen LogP contribution is 2.38. The Kier molecular flexibility index (Phi) is 4.75. The van der Waals surface area contributed by atoms with Crippen molar-refractivity contribution in [1.29, 1.82) is 0 Å². The normalized spacial score (nSPS) is 10.9. The highest BCUT2D eigenvalue weighted by molar-refractivity contribution is 9.11. The minimum Gasteiger partial charge on any atom is -0.444 e. The van der Waals surface area contributed by atoms with Gasteiger partial charge < -0.3 is 9.47 Å². The number of hydrogen-bond acceptors (Lipinski definition) is 5. The molecular formula is C11H14BrNO4S. The van der Waals surface area contributed by atoms with Crippen LogP contribution in [0.15, 0.2) is 9.85 Å². The van der Waals surface area contributed by atoms with Crippen LogP contribution in [0.3, 0.4) is 0 Å². The molecule has 18 heavy (non-hydrogen) atoms. The summed E-state index contributed by atoms with van der Waals surface area (Å²) < 4.78 is 10.8. The first-order chi connectivity index (χ1) is 8.17. The smallest absolute Gasteiger partial charge is 0.412 e. The number of anilines is 1. The lowest BCUT2D eigenvalue weighted by Gasteiger charge is -2.19. The highest BCUT2D eigenvalue weighted by atomic mass is 79.9. The van der Waals surface area contributed by atoms with Gasteiger partial charge >= 0.3 is 12.1 Å². The summed E-state index contributed by atoms with van der Waals surface area (Å²) >= 11 is 4.50. The zero-order valence-corrected chi connectivity index (χ0v) is 12.9. The lowest BCUT2D eigenvalue weighted by atomic mass is 10.2. The van der Waals surface area contributed by atoms with Crippen LogP contribution in [0.2, 0.25) is 0 Å². The van der Waals surface area contributed by atoms with Gasteiger partial charge in [-0.2, -0.15) is 0 Å². The van der Waals surface area contributed by atoms with Crippen LogP contribution in [0.1, 0.15) is 27.7 Å². The predicted octanol–water partition coefficient (Wildman–Crippen LogP) is 3.78. The van der Waals surface area contributed by atoms with Crippen molar-refractivity contribution >= 4 is 44.3 Å². The van der Waals surface area contributed by atoms with Gasteiger partial charge in [-0.15, -0.1) is 11.3 Å². The molecule has 0 fully saturated rings. The predicted molar refractivity (Wildman–Crippen MR) is 73.2 cm³/mol. The van der Waals surface area contributed by atoms with Crippen LogP contribution in [0.25, 0.3) is 0 Å². The van der Waals surface area contributed by atoms with Crippen LogP contribution < -0.4 is 10.1 Å². The zero-order chi connectivity index (χ0) is 13.9. The van der Waals surface area contributed by atoms with Crippen molar-refractivity contribution in [1.82, 2.24) is 0 Å². The zero-order valence-electron chi connectivity index (χ0n) is 10.5. The third-order valence-corrected chi connectivity index (χ3v) is 3.07. The second-order valence-electron chi connectivity index (χ2n) is 4.46. The molecule has 0 saturated heterocycles. The number of amides is 1. The lowest BCUT2D eigenvalue weighted by molar-refractivity contribution is -0.131. The maximum Gasteiger partial charge on any atom is 0.412 e. The standard InChI is InChI=1S/C11H14BrNO4S/c1-6(14)16-7-5-8(12)18-9(7)13-10(15)17-11(2,3)4/h5H,1-4H3,(H,13,15). The van der Waals surface area contributed by atoms with Gasteiger partial charge in [0.1, 0.15) is 10.6 Å². The monoisotopic (exact) mass is 335 g/mol. The molecule has 0 bridgehead atoms. The third kappa shape index (κ3) is 5.05. The molecule has 0 aliphatic carbocycles. The maximum absolute atomic E-state index is 11.6. The molecule has 5 nitrogen and oxygen atoms in total. The SMILES string of the molecule is CC(=O)Oc1cc(Br)sc1NC(=O)OC(C)(C)C. The summed E-state index contributed by atoms with van der Waals surface area (Å²) in [6, 6.07) is 1.61. The van der Waals surface area contributed by atoms with Gasteiger partial charge in [-0.05, 0) is 36.7 Å². The molecule has 1 rings (SSSR count). The largest absolute Gasteiger partial charge is 0.444 e. The van der Waals surface area contributed by atoms with E-state index in [-0.39, 0.29) is 0 Å². The van der Waals surface area contributed by atoms with Gasteiger partial charge in [0.05, 0.1) is 3.79 Å². The van der Waals surface area contributed by atoms with Crippen molar-refractivity contribution in [3.8, 4) is 5.75 Å².